The first kappa shape index (κ1) is 15.1. The molecule has 0 aromatic heterocycles. The Morgan fingerprint density at radius 1 is 1.45 bits per heavy atom. The molecule has 1 unspecified atom stereocenters. The molecule has 1 heterocycles. The molecule has 1 N–H and O–H groups in total. The summed E-state index contributed by atoms with van der Waals surface area (Å²) in [4.78, 5) is 25.0. The number of hydrogen-bond acceptors (Lipinski definition) is 3. The van der Waals surface area contributed by atoms with Gasteiger partial charge in [0, 0.05) is 23.1 Å². The van der Waals surface area contributed by atoms with Crippen molar-refractivity contribution in [3.63, 3.8) is 0 Å². The summed E-state index contributed by atoms with van der Waals surface area (Å²) in [6.07, 6.45) is 0.888. The van der Waals surface area contributed by atoms with Crippen LogP contribution in [0.4, 0.5) is 4.39 Å². The molecular formula is C14H16BrFN2O2. The normalized spacial score (nSPS) is 18.9. The molecule has 108 valence electrons. The van der Waals surface area contributed by atoms with Gasteiger partial charge in [-0.2, -0.15) is 0 Å². The third kappa shape index (κ3) is 3.24. The quantitative estimate of drug-likeness (QED) is 0.834. The number of carbonyl (C=O) groups is 2. The Balaban J connectivity index is 1.99. The molecular weight excluding hydrogens is 327 g/mol. The predicted octanol–water partition coefficient (Wildman–Crippen LogP) is 2.22. The molecule has 1 saturated heterocycles. The SMILES string of the molecule is CCCN1C(=O)CC(NCc2cc(Br)ccc2F)C1=O. The van der Waals surface area contributed by atoms with Gasteiger partial charge >= 0.3 is 0 Å². The monoisotopic (exact) mass is 342 g/mol. The van der Waals surface area contributed by atoms with E-state index >= 15 is 0 Å². The van der Waals surface area contributed by atoms with Gasteiger partial charge in [0.1, 0.15) is 5.82 Å². The number of carbonyl (C=O) groups excluding carboxylic acids is 2. The predicted molar refractivity (Wildman–Crippen MR) is 76.4 cm³/mol. The zero-order chi connectivity index (χ0) is 14.7. The van der Waals surface area contributed by atoms with Crippen molar-refractivity contribution in [3.8, 4) is 0 Å². The summed E-state index contributed by atoms with van der Waals surface area (Å²) in [5.74, 6) is -0.709. The molecule has 20 heavy (non-hydrogen) atoms. The molecule has 1 aromatic rings. The lowest BCUT2D eigenvalue weighted by molar-refractivity contribution is -0.138. The topological polar surface area (TPSA) is 49.4 Å². The Kier molecular flexibility index (Phi) is 4.88. The number of likely N-dealkylation sites (tertiary alicyclic amines) is 1. The molecule has 2 rings (SSSR count). The van der Waals surface area contributed by atoms with Gasteiger partial charge in [-0.1, -0.05) is 22.9 Å². The Bertz CT molecular complexity index is 536. The van der Waals surface area contributed by atoms with Crippen LogP contribution in [-0.2, 0) is 16.1 Å². The van der Waals surface area contributed by atoms with E-state index in [0.717, 1.165) is 10.9 Å². The number of nitrogens with zero attached hydrogens (tertiary/aromatic N) is 1. The first-order valence-corrected chi connectivity index (χ1v) is 7.33. The number of rotatable bonds is 5. The smallest absolute Gasteiger partial charge is 0.246 e. The van der Waals surface area contributed by atoms with Gasteiger partial charge in [-0.05, 0) is 24.6 Å². The van der Waals surface area contributed by atoms with E-state index in [1.807, 2.05) is 6.92 Å². The Morgan fingerprint density at radius 2 is 2.20 bits per heavy atom. The summed E-state index contributed by atoms with van der Waals surface area (Å²) in [6.45, 7) is 2.58. The van der Waals surface area contributed by atoms with Crippen LogP contribution in [-0.4, -0.2) is 29.3 Å². The van der Waals surface area contributed by atoms with Crippen molar-refractivity contribution < 1.29 is 14.0 Å². The fourth-order valence-corrected chi connectivity index (χ4v) is 2.62. The highest BCUT2D eigenvalue weighted by Gasteiger charge is 2.37. The lowest BCUT2D eigenvalue weighted by atomic mass is 10.2. The molecule has 2 amide bonds. The highest BCUT2D eigenvalue weighted by Crippen LogP contribution is 2.17. The van der Waals surface area contributed by atoms with E-state index in [1.54, 1.807) is 12.1 Å². The van der Waals surface area contributed by atoms with E-state index in [2.05, 4.69) is 21.2 Å². The molecule has 1 aliphatic rings. The van der Waals surface area contributed by atoms with Gasteiger partial charge in [-0.15, -0.1) is 0 Å². The fourth-order valence-electron chi connectivity index (χ4n) is 2.21. The van der Waals surface area contributed by atoms with Crippen molar-refractivity contribution in [1.29, 1.82) is 0 Å². The van der Waals surface area contributed by atoms with Gasteiger partial charge in [0.05, 0.1) is 12.5 Å². The van der Waals surface area contributed by atoms with Crippen molar-refractivity contribution in [1.82, 2.24) is 10.2 Å². The second-order valence-corrected chi connectivity index (χ2v) is 5.67. The van der Waals surface area contributed by atoms with E-state index in [1.165, 1.54) is 11.0 Å². The van der Waals surface area contributed by atoms with Crippen LogP contribution in [0.25, 0.3) is 0 Å². The lowest BCUT2D eigenvalue weighted by Gasteiger charge is -2.14. The molecule has 0 bridgehead atoms. The van der Waals surface area contributed by atoms with E-state index < -0.39 is 6.04 Å². The zero-order valence-electron chi connectivity index (χ0n) is 11.2. The van der Waals surface area contributed by atoms with Crippen LogP contribution in [0.15, 0.2) is 22.7 Å². The van der Waals surface area contributed by atoms with Crippen molar-refractivity contribution >= 4 is 27.7 Å². The van der Waals surface area contributed by atoms with Gasteiger partial charge in [-0.3, -0.25) is 14.5 Å². The molecule has 4 nitrogen and oxygen atoms in total. The van der Waals surface area contributed by atoms with E-state index in [-0.39, 0.29) is 30.6 Å². The lowest BCUT2D eigenvalue weighted by Crippen LogP contribution is -2.38. The van der Waals surface area contributed by atoms with Crippen molar-refractivity contribution in [2.45, 2.75) is 32.4 Å². The number of nitrogens with one attached hydrogen (secondary N) is 1. The van der Waals surface area contributed by atoms with Gasteiger partial charge in [0.25, 0.3) is 0 Å². The average molecular weight is 343 g/mol. The van der Waals surface area contributed by atoms with Crippen LogP contribution in [0.5, 0.6) is 0 Å². The van der Waals surface area contributed by atoms with Gasteiger partial charge in [0.2, 0.25) is 11.8 Å². The summed E-state index contributed by atoms with van der Waals surface area (Å²) < 4.78 is 14.4. The number of amides is 2. The van der Waals surface area contributed by atoms with Crippen LogP contribution in [0.2, 0.25) is 0 Å². The third-order valence-electron chi connectivity index (χ3n) is 3.24. The molecule has 1 atom stereocenters. The van der Waals surface area contributed by atoms with Crippen molar-refractivity contribution in [2.24, 2.45) is 0 Å². The molecule has 0 aliphatic carbocycles. The molecule has 0 radical (unpaired) electrons. The first-order chi connectivity index (χ1) is 9.52. The number of imide groups is 1. The first-order valence-electron chi connectivity index (χ1n) is 6.54. The minimum atomic E-state index is -0.549. The maximum absolute atomic E-state index is 13.6. The van der Waals surface area contributed by atoms with Crippen LogP contribution >= 0.6 is 15.9 Å². The van der Waals surface area contributed by atoms with Gasteiger partial charge in [-0.25, -0.2) is 4.39 Å². The molecule has 0 spiro atoms. The highest BCUT2D eigenvalue weighted by atomic mass is 79.9. The van der Waals surface area contributed by atoms with Gasteiger partial charge in [0.15, 0.2) is 0 Å². The van der Waals surface area contributed by atoms with Crippen LogP contribution < -0.4 is 5.32 Å². The average Bonchev–Trinajstić information content (AvgIpc) is 2.68. The summed E-state index contributed by atoms with van der Waals surface area (Å²) in [7, 11) is 0. The van der Waals surface area contributed by atoms with Crippen molar-refractivity contribution in [3.05, 3.63) is 34.1 Å². The summed E-state index contributed by atoms with van der Waals surface area (Å²) >= 11 is 3.28. The van der Waals surface area contributed by atoms with E-state index in [4.69, 9.17) is 0 Å². The van der Waals surface area contributed by atoms with E-state index in [9.17, 15) is 14.0 Å². The number of halogens is 2. The third-order valence-corrected chi connectivity index (χ3v) is 3.73. The van der Waals surface area contributed by atoms with Crippen LogP contribution in [0.1, 0.15) is 25.3 Å². The number of hydrogen-bond donors (Lipinski definition) is 1. The Labute approximate surface area is 125 Å². The molecule has 6 heteroatoms. The standard InChI is InChI=1S/C14H16BrFN2O2/c1-2-5-18-13(19)7-12(14(18)20)17-8-9-6-10(15)3-4-11(9)16/h3-4,6,12,17H,2,5,7-8H2,1H3. The zero-order valence-corrected chi connectivity index (χ0v) is 12.7. The van der Waals surface area contributed by atoms with Crippen molar-refractivity contribution in [2.75, 3.05) is 6.54 Å². The maximum atomic E-state index is 13.6. The molecule has 1 aromatic carbocycles. The largest absolute Gasteiger partial charge is 0.301 e. The molecule has 0 saturated carbocycles. The number of benzene rings is 1. The molecule has 1 fully saturated rings. The Hall–Kier alpha value is -1.27. The van der Waals surface area contributed by atoms with Gasteiger partial charge < -0.3 is 5.32 Å². The van der Waals surface area contributed by atoms with Crippen LogP contribution in [0.3, 0.4) is 0 Å². The summed E-state index contributed by atoms with van der Waals surface area (Å²) in [6, 6.07) is 4.10. The Morgan fingerprint density at radius 3 is 2.90 bits per heavy atom. The fraction of sp³-hybridized carbons (Fsp3) is 0.429. The second-order valence-electron chi connectivity index (χ2n) is 4.76. The van der Waals surface area contributed by atoms with Crippen LogP contribution in [0, 0.1) is 5.82 Å². The maximum Gasteiger partial charge on any atom is 0.246 e. The highest BCUT2D eigenvalue weighted by molar-refractivity contribution is 9.10. The minimum absolute atomic E-state index is 0.147. The summed E-state index contributed by atoms with van der Waals surface area (Å²) in [5.41, 5.74) is 0.466. The van der Waals surface area contributed by atoms with E-state index in [0.29, 0.717) is 12.1 Å². The second kappa shape index (κ2) is 6.45. The molecule has 1 aliphatic heterocycles. The minimum Gasteiger partial charge on any atom is -0.301 e. The summed E-state index contributed by atoms with van der Waals surface area (Å²) in [5, 5.41) is 2.96.